The Hall–Kier alpha value is -2.02. The fourth-order valence-electron chi connectivity index (χ4n) is 2.41. The second-order valence-electron chi connectivity index (χ2n) is 5.18. The van der Waals surface area contributed by atoms with Crippen molar-refractivity contribution >= 4 is 35.1 Å². The van der Waals surface area contributed by atoms with Gasteiger partial charge >= 0.3 is 0 Å². The highest BCUT2D eigenvalue weighted by Gasteiger charge is 2.32. The molecule has 0 saturated carbocycles. The van der Waals surface area contributed by atoms with Gasteiger partial charge in [-0.2, -0.15) is 11.8 Å². The van der Waals surface area contributed by atoms with Crippen molar-refractivity contribution in [1.29, 1.82) is 0 Å². The minimum Gasteiger partial charge on any atom is -0.334 e. The summed E-state index contributed by atoms with van der Waals surface area (Å²) in [5, 5.41) is 1.41. The average molecular weight is 318 g/mol. The summed E-state index contributed by atoms with van der Waals surface area (Å²) in [5.41, 5.74) is 3.59. The smallest absolute Gasteiger partial charge is 0.290 e. The number of nitrogens with zero attached hydrogens (tertiary/aromatic N) is 3. The lowest BCUT2D eigenvalue weighted by Crippen LogP contribution is -2.59. The maximum absolute atomic E-state index is 12.6. The first kappa shape index (κ1) is 14.9. The molecule has 1 aromatic rings. The van der Waals surface area contributed by atoms with Crippen LogP contribution in [0, 0.1) is 0 Å². The number of nitrogens with one attached hydrogen (secondary N) is 1. The predicted molar refractivity (Wildman–Crippen MR) is 87.9 cm³/mol. The summed E-state index contributed by atoms with van der Waals surface area (Å²) in [5.74, 6) is 1.81. The first-order valence-electron chi connectivity index (χ1n) is 7.27. The van der Waals surface area contributed by atoms with Gasteiger partial charge in [0.2, 0.25) is 5.84 Å². The Morgan fingerprint density at radius 2 is 1.95 bits per heavy atom. The Morgan fingerprint density at radius 3 is 2.64 bits per heavy atom. The van der Waals surface area contributed by atoms with Crippen molar-refractivity contribution < 1.29 is 9.59 Å². The highest BCUT2D eigenvalue weighted by molar-refractivity contribution is 7.99. The van der Waals surface area contributed by atoms with E-state index in [2.05, 4.69) is 10.4 Å². The largest absolute Gasteiger partial charge is 0.334 e. The molecule has 0 spiro atoms. The third-order valence-corrected chi connectivity index (χ3v) is 4.58. The van der Waals surface area contributed by atoms with Crippen LogP contribution in [0.5, 0.6) is 0 Å². The maximum Gasteiger partial charge on any atom is 0.290 e. The molecule has 1 N–H and O–H groups in total. The summed E-state index contributed by atoms with van der Waals surface area (Å²) in [6, 6.07) is 8.66. The zero-order chi connectivity index (χ0) is 15.5. The third-order valence-electron chi connectivity index (χ3n) is 3.63. The number of carbonyl (C=O) groups excluding carboxylic acids is 2. The van der Waals surface area contributed by atoms with Crippen LogP contribution in [0.1, 0.15) is 6.92 Å². The van der Waals surface area contributed by atoms with Gasteiger partial charge in [0.25, 0.3) is 11.8 Å². The summed E-state index contributed by atoms with van der Waals surface area (Å²) < 4.78 is 0. The molecule has 0 aliphatic carbocycles. The Balaban J connectivity index is 1.82. The van der Waals surface area contributed by atoms with Crippen molar-refractivity contribution in [3.8, 4) is 0 Å². The second-order valence-corrected chi connectivity index (χ2v) is 6.40. The number of hydrazine groups is 1. The number of carbonyl (C=O) groups is 2. The van der Waals surface area contributed by atoms with Crippen molar-refractivity contribution in [3.05, 3.63) is 30.3 Å². The van der Waals surface area contributed by atoms with E-state index in [1.165, 1.54) is 5.01 Å². The maximum atomic E-state index is 12.6. The van der Waals surface area contributed by atoms with Gasteiger partial charge in [-0.05, 0) is 19.1 Å². The molecular formula is C15H18N4O2S. The lowest BCUT2D eigenvalue weighted by atomic mass is 10.2. The number of thioether (sulfide) groups is 1. The summed E-state index contributed by atoms with van der Waals surface area (Å²) in [6.45, 7) is 3.15. The lowest BCUT2D eigenvalue weighted by molar-refractivity contribution is -0.124. The molecule has 2 aliphatic rings. The third kappa shape index (κ3) is 2.94. The quantitative estimate of drug-likeness (QED) is 0.880. The van der Waals surface area contributed by atoms with E-state index in [0.29, 0.717) is 5.69 Å². The molecule has 0 radical (unpaired) electrons. The van der Waals surface area contributed by atoms with Crippen molar-refractivity contribution in [2.75, 3.05) is 29.6 Å². The number of anilines is 1. The number of para-hydroxylation sites is 1. The molecule has 7 heteroatoms. The Kier molecular flexibility index (Phi) is 4.33. The number of amidine groups is 1. The van der Waals surface area contributed by atoms with Crippen LogP contribution in [0.15, 0.2) is 35.3 Å². The average Bonchev–Trinajstić information content (AvgIpc) is 2.58. The fraction of sp³-hybridized carbons (Fsp3) is 0.400. The molecule has 0 aromatic heterocycles. The van der Waals surface area contributed by atoms with Gasteiger partial charge in [-0.3, -0.25) is 15.0 Å². The normalized spacial score (nSPS) is 22.1. The molecule has 2 amide bonds. The van der Waals surface area contributed by atoms with Crippen molar-refractivity contribution in [3.63, 3.8) is 0 Å². The van der Waals surface area contributed by atoms with Crippen molar-refractivity contribution in [1.82, 2.24) is 10.3 Å². The van der Waals surface area contributed by atoms with Crippen molar-refractivity contribution in [2.45, 2.75) is 13.0 Å². The van der Waals surface area contributed by atoms with Gasteiger partial charge in [0, 0.05) is 24.6 Å². The first-order valence-corrected chi connectivity index (χ1v) is 8.43. The minimum atomic E-state index is -0.570. The number of rotatable bonds is 2. The predicted octanol–water partition coefficient (Wildman–Crippen LogP) is 0.900. The van der Waals surface area contributed by atoms with Gasteiger partial charge in [-0.1, -0.05) is 18.2 Å². The molecule has 22 heavy (non-hydrogen) atoms. The highest BCUT2D eigenvalue weighted by Crippen LogP contribution is 2.17. The van der Waals surface area contributed by atoms with Crippen LogP contribution in [0.3, 0.4) is 0 Å². The van der Waals surface area contributed by atoms with Crippen molar-refractivity contribution in [2.24, 2.45) is 4.99 Å². The van der Waals surface area contributed by atoms with E-state index in [0.717, 1.165) is 24.6 Å². The number of hydrogen-bond acceptors (Lipinski definition) is 5. The standard InChI is InChI=1S/C15H18N4O2S/c1-11-14(20)19(12-5-3-2-4-6-12)17-13(16-11)15(21)18-7-9-22-10-8-18/h2-6,11H,7-10H2,1H3,(H,16,17)/t11-/m0/s1. The second kappa shape index (κ2) is 6.39. The van der Waals surface area contributed by atoms with E-state index in [4.69, 9.17) is 0 Å². The van der Waals surface area contributed by atoms with Crippen LogP contribution in [0.25, 0.3) is 0 Å². The molecule has 0 bridgehead atoms. The molecule has 2 aliphatic heterocycles. The number of hydrogen-bond donors (Lipinski definition) is 1. The number of amides is 2. The van der Waals surface area contributed by atoms with E-state index in [1.54, 1.807) is 11.8 Å². The summed E-state index contributed by atoms with van der Waals surface area (Å²) >= 11 is 1.84. The Bertz CT molecular complexity index is 599. The Morgan fingerprint density at radius 1 is 1.27 bits per heavy atom. The van der Waals surface area contributed by atoms with Gasteiger partial charge in [0.1, 0.15) is 6.04 Å². The SMILES string of the molecule is C[C@@H]1N=C(C(=O)N2CCSCC2)NN(c2ccccc2)C1=O. The molecule has 1 aromatic carbocycles. The fourth-order valence-corrected chi connectivity index (χ4v) is 3.32. The van der Waals surface area contributed by atoms with E-state index in [9.17, 15) is 9.59 Å². The van der Waals surface area contributed by atoms with Crippen LogP contribution >= 0.6 is 11.8 Å². The van der Waals surface area contributed by atoms with Crippen LogP contribution in [0.4, 0.5) is 5.69 Å². The number of benzene rings is 1. The zero-order valence-corrected chi connectivity index (χ0v) is 13.2. The molecule has 6 nitrogen and oxygen atoms in total. The van der Waals surface area contributed by atoms with Gasteiger partial charge in [0.05, 0.1) is 5.69 Å². The first-order chi connectivity index (χ1) is 10.7. The van der Waals surface area contributed by atoms with E-state index in [1.807, 2.05) is 42.1 Å². The van der Waals surface area contributed by atoms with Crippen LogP contribution in [-0.2, 0) is 9.59 Å². The molecule has 116 valence electrons. The molecule has 2 heterocycles. The topological polar surface area (TPSA) is 65.0 Å². The van der Waals surface area contributed by atoms with Gasteiger partial charge in [-0.15, -0.1) is 0 Å². The molecule has 1 saturated heterocycles. The summed E-state index contributed by atoms with van der Waals surface area (Å²) in [7, 11) is 0. The highest BCUT2D eigenvalue weighted by atomic mass is 32.2. The molecule has 1 atom stereocenters. The van der Waals surface area contributed by atoms with Gasteiger partial charge in [-0.25, -0.2) is 10.0 Å². The van der Waals surface area contributed by atoms with Crippen LogP contribution < -0.4 is 10.4 Å². The molecular weight excluding hydrogens is 300 g/mol. The van der Waals surface area contributed by atoms with E-state index < -0.39 is 6.04 Å². The molecule has 1 fully saturated rings. The Labute approximate surface area is 133 Å². The summed E-state index contributed by atoms with van der Waals surface area (Å²) in [4.78, 5) is 30.9. The monoisotopic (exact) mass is 318 g/mol. The van der Waals surface area contributed by atoms with E-state index >= 15 is 0 Å². The zero-order valence-electron chi connectivity index (χ0n) is 12.4. The minimum absolute atomic E-state index is 0.138. The molecule has 0 unspecified atom stereocenters. The van der Waals surface area contributed by atoms with E-state index in [-0.39, 0.29) is 17.6 Å². The van der Waals surface area contributed by atoms with Crippen LogP contribution in [-0.4, -0.2) is 53.2 Å². The lowest BCUT2D eigenvalue weighted by Gasteiger charge is -2.33. The summed E-state index contributed by atoms with van der Waals surface area (Å²) in [6.07, 6.45) is 0. The van der Waals surface area contributed by atoms with Crippen LogP contribution in [0.2, 0.25) is 0 Å². The van der Waals surface area contributed by atoms with Gasteiger partial charge in [0.15, 0.2) is 0 Å². The van der Waals surface area contributed by atoms with Gasteiger partial charge < -0.3 is 4.90 Å². The molecule has 3 rings (SSSR count). The number of aliphatic imine (C=N–C) groups is 1.